The number of carbonyl (C=O) groups excluding carboxylic acids is 3. The molecule has 1 aliphatic carbocycles. The molecule has 0 spiro atoms. The fourth-order valence-electron chi connectivity index (χ4n) is 2.85. The van der Waals surface area contributed by atoms with Crippen molar-refractivity contribution in [1.82, 2.24) is 0 Å². The van der Waals surface area contributed by atoms with Crippen LogP contribution < -0.4 is 0 Å². The third kappa shape index (κ3) is 1.93. The van der Waals surface area contributed by atoms with Crippen molar-refractivity contribution in [2.45, 2.75) is 13.3 Å². The van der Waals surface area contributed by atoms with Gasteiger partial charge in [0.15, 0.2) is 5.78 Å². The van der Waals surface area contributed by atoms with Crippen molar-refractivity contribution < 1.29 is 14.4 Å². The van der Waals surface area contributed by atoms with E-state index in [2.05, 4.69) is 6.58 Å². The number of aryl methyl sites for hydroxylation is 1. The Hall–Kier alpha value is -2.55. The summed E-state index contributed by atoms with van der Waals surface area (Å²) in [7, 11) is 0. The van der Waals surface area contributed by atoms with Gasteiger partial charge < -0.3 is 0 Å². The van der Waals surface area contributed by atoms with Gasteiger partial charge in [-0.05, 0) is 30.2 Å². The fourth-order valence-corrected chi connectivity index (χ4v) is 2.85. The molecule has 1 aliphatic rings. The van der Waals surface area contributed by atoms with E-state index in [0.717, 1.165) is 10.9 Å². The van der Waals surface area contributed by atoms with E-state index >= 15 is 0 Å². The summed E-state index contributed by atoms with van der Waals surface area (Å²) in [6, 6.07) is 9.14. The second-order valence-electron chi connectivity index (χ2n) is 5.35. The molecular formula is C18H14O3. The summed E-state index contributed by atoms with van der Waals surface area (Å²) in [5.41, 5.74) is 1.59. The standard InChI is InChI=1S/C18H14O3/c1-3-4-13-16(19)12-8-7-11-6-5-10(2)9-14(11)15(12)18(21)17(13)20/h3,5-9,13H,1,4H2,2H3. The van der Waals surface area contributed by atoms with Crippen molar-refractivity contribution >= 4 is 28.1 Å². The summed E-state index contributed by atoms with van der Waals surface area (Å²) in [5, 5.41) is 1.53. The van der Waals surface area contributed by atoms with Gasteiger partial charge in [0.05, 0.1) is 5.92 Å². The monoisotopic (exact) mass is 278 g/mol. The van der Waals surface area contributed by atoms with Gasteiger partial charge >= 0.3 is 0 Å². The molecule has 0 radical (unpaired) electrons. The number of allylic oxidation sites excluding steroid dienone is 1. The number of hydrogen-bond acceptors (Lipinski definition) is 3. The molecule has 2 aromatic carbocycles. The Balaban J connectivity index is 2.32. The lowest BCUT2D eigenvalue weighted by molar-refractivity contribution is -0.117. The highest BCUT2D eigenvalue weighted by Crippen LogP contribution is 2.31. The quantitative estimate of drug-likeness (QED) is 0.481. The van der Waals surface area contributed by atoms with Crippen LogP contribution in [0.4, 0.5) is 0 Å². The average Bonchev–Trinajstić information content (AvgIpc) is 2.48. The van der Waals surface area contributed by atoms with Crippen molar-refractivity contribution in [2.75, 3.05) is 0 Å². The number of hydrogen-bond donors (Lipinski definition) is 0. The molecule has 3 nitrogen and oxygen atoms in total. The van der Waals surface area contributed by atoms with Crippen LogP contribution in [0.2, 0.25) is 0 Å². The van der Waals surface area contributed by atoms with Gasteiger partial charge in [-0.25, -0.2) is 0 Å². The van der Waals surface area contributed by atoms with E-state index in [9.17, 15) is 14.4 Å². The highest BCUT2D eigenvalue weighted by molar-refractivity contribution is 6.53. The number of Topliss-reactive ketones (excluding diaryl/α,β-unsaturated/α-hetero) is 3. The topological polar surface area (TPSA) is 51.2 Å². The Morgan fingerprint density at radius 3 is 2.52 bits per heavy atom. The molecular weight excluding hydrogens is 264 g/mol. The van der Waals surface area contributed by atoms with Crippen molar-refractivity contribution in [1.29, 1.82) is 0 Å². The molecule has 0 bridgehead atoms. The van der Waals surface area contributed by atoms with Crippen LogP contribution in [-0.4, -0.2) is 17.3 Å². The molecule has 0 saturated carbocycles. The van der Waals surface area contributed by atoms with E-state index < -0.39 is 17.5 Å². The number of ketones is 3. The van der Waals surface area contributed by atoms with Gasteiger partial charge in [0.25, 0.3) is 0 Å². The molecule has 0 saturated heterocycles. The van der Waals surface area contributed by atoms with E-state index in [4.69, 9.17) is 0 Å². The molecule has 0 N–H and O–H groups in total. The normalized spacial score (nSPS) is 18.0. The average molecular weight is 278 g/mol. The molecule has 0 fully saturated rings. The summed E-state index contributed by atoms with van der Waals surface area (Å²) < 4.78 is 0. The van der Waals surface area contributed by atoms with Crippen LogP contribution in [-0.2, 0) is 4.79 Å². The summed E-state index contributed by atoms with van der Waals surface area (Å²) >= 11 is 0. The Bertz CT molecular complexity index is 815. The van der Waals surface area contributed by atoms with Crippen LogP contribution in [0, 0.1) is 12.8 Å². The molecule has 2 aromatic rings. The first-order valence-electron chi connectivity index (χ1n) is 6.81. The van der Waals surface area contributed by atoms with Crippen LogP contribution in [0.15, 0.2) is 43.0 Å². The third-order valence-corrected chi connectivity index (χ3v) is 3.93. The van der Waals surface area contributed by atoms with E-state index in [1.165, 1.54) is 6.08 Å². The maximum Gasteiger partial charge on any atom is 0.230 e. The van der Waals surface area contributed by atoms with Crippen LogP contribution in [0.25, 0.3) is 10.8 Å². The highest BCUT2D eigenvalue weighted by atomic mass is 16.2. The lowest BCUT2D eigenvalue weighted by Crippen LogP contribution is -2.36. The molecule has 1 atom stereocenters. The smallest absolute Gasteiger partial charge is 0.230 e. The molecule has 0 heterocycles. The molecule has 0 amide bonds. The maximum atomic E-state index is 12.5. The van der Waals surface area contributed by atoms with Gasteiger partial charge in [-0.3, -0.25) is 14.4 Å². The zero-order chi connectivity index (χ0) is 15.1. The van der Waals surface area contributed by atoms with Crippen LogP contribution in [0.5, 0.6) is 0 Å². The summed E-state index contributed by atoms with van der Waals surface area (Å²) in [6.07, 6.45) is 1.71. The molecule has 3 rings (SSSR count). The maximum absolute atomic E-state index is 12.5. The second-order valence-corrected chi connectivity index (χ2v) is 5.35. The Morgan fingerprint density at radius 1 is 1.10 bits per heavy atom. The minimum absolute atomic E-state index is 0.203. The predicted molar refractivity (Wildman–Crippen MR) is 80.7 cm³/mol. The number of benzene rings is 2. The fraction of sp³-hybridized carbons (Fsp3) is 0.167. The number of fused-ring (bicyclic) bond motifs is 3. The van der Waals surface area contributed by atoms with Crippen molar-refractivity contribution in [2.24, 2.45) is 5.92 Å². The molecule has 21 heavy (non-hydrogen) atoms. The highest BCUT2D eigenvalue weighted by Gasteiger charge is 2.40. The van der Waals surface area contributed by atoms with Gasteiger partial charge in [0, 0.05) is 11.1 Å². The van der Waals surface area contributed by atoms with E-state index in [-0.39, 0.29) is 17.8 Å². The van der Waals surface area contributed by atoms with Crippen LogP contribution in [0.3, 0.4) is 0 Å². The SMILES string of the molecule is C=CCC1C(=O)C(=O)c2c(ccc3ccc(C)cc23)C1=O. The number of rotatable bonds is 2. The molecule has 0 aromatic heterocycles. The summed E-state index contributed by atoms with van der Waals surface area (Å²) in [6.45, 7) is 5.46. The Labute approximate surface area is 122 Å². The lowest BCUT2D eigenvalue weighted by Gasteiger charge is -2.21. The second kappa shape index (κ2) is 4.77. The first kappa shape index (κ1) is 13.4. The van der Waals surface area contributed by atoms with E-state index in [1.807, 2.05) is 31.2 Å². The first-order chi connectivity index (χ1) is 10.0. The van der Waals surface area contributed by atoms with Gasteiger partial charge in [-0.15, -0.1) is 6.58 Å². The van der Waals surface area contributed by atoms with Crippen molar-refractivity contribution in [3.63, 3.8) is 0 Å². The minimum Gasteiger partial charge on any atom is -0.293 e. The third-order valence-electron chi connectivity index (χ3n) is 3.93. The van der Waals surface area contributed by atoms with Gasteiger partial charge in [0.2, 0.25) is 11.6 Å². The molecule has 1 unspecified atom stereocenters. The first-order valence-corrected chi connectivity index (χ1v) is 6.81. The zero-order valence-electron chi connectivity index (χ0n) is 11.7. The number of carbonyl (C=O) groups is 3. The largest absolute Gasteiger partial charge is 0.293 e. The van der Waals surface area contributed by atoms with E-state index in [0.29, 0.717) is 10.9 Å². The Kier molecular flexibility index (Phi) is 3.05. The van der Waals surface area contributed by atoms with Gasteiger partial charge in [-0.1, -0.05) is 35.9 Å². The molecule has 3 heteroatoms. The lowest BCUT2D eigenvalue weighted by atomic mass is 9.77. The van der Waals surface area contributed by atoms with Gasteiger partial charge in [-0.2, -0.15) is 0 Å². The molecule has 104 valence electrons. The zero-order valence-corrected chi connectivity index (χ0v) is 11.7. The van der Waals surface area contributed by atoms with E-state index in [1.54, 1.807) is 6.07 Å². The summed E-state index contributed by atoms with van der Waals surface area (Å²) in [4.78, 5) is 37.1. The minimum atomic E-state index is -0.912. The van der Waals surface area contributed by atoms with Crippen LogP contribution in [0.1, 0.15) is 32.7 Å². The van der Waals surface area contributed by atoms with Gasteiger partial charge in [0.1, 0.15) is 0 Å². The van der Waals surface area contributed by atoms with Crippen molar-refractivity contribution in [3.05, 3.63) is 59.7 Å². The Morgan fingerprint density at radius 2 is 1.81 bits per heavy atom. The van der Waals surface area contributed by atoms with Crippen molar-refractivity contribution in [3.8, 4) is 0 Å². The van der Waals surface area contributed by atoms with Crippen LogP contribution >= 0.6 is 0 Å². The predicted octanol–water partition coefficient (Wildman–Crippen LogP) is 3.29. The summed E-state index contributed by atoms with van der Waals surface area (Å²) in [5.74, 6) is -2.38. The molecule has 0 aliphatic heterocycles.